The largest absolute Gasteiger partial charge is 0.491 e. The van der Waals surface area contributed by atoms with Crippen molar-refractivity contribution >= 4 is 0 Å². The zero-order valence-corrected chi connectivity index (χ0v) is 12.0. The molecule has 1 atom stereocenters. The van der Waals surface area contributed by atoms with Crippen LogP contribution in [0.5, 0.6) is 5.75 Å². The van der Waals surface area contributed by atoms with Crippen LogP contribution in [0.2, 0.25) is 0 Å². The molecule has 0 bridgehead atoms. The van der Waals surface area contributed by atoms with Crippen molar-refractivity contribution in [2.24, 2.45) is 5.92 Å². The highest BCUT2D eigenvalue weighted by atomic mass is 16.5. The van der Waals surface area contributed by atoms with Crippen LogP contribution in [-0.2, 0) is 11.2 Å². The first kappa shape index (κ1) is 6.42. The molecule has 0 heterocycles. The Hall–Kier alpha value is -1.10. The summed E-state index contributed by atoms with van der Waals surface area (Å²) in [5.41, 5.74) is 0.669. The molecule has 1 unspecified atom stereocenters. The van der Waals surface area contributed by atoms with Gasteiger partial charge in [-0.3, -0.25) is 0 Å². The molecule has 2 N–H and O–H groups in total. The number of ether oxygens (including phenoxy) is 2. The Bertz CT molecular complexity index is 880. The van der Waals surface area contributed by atoms with Gasteiger partial charge in [0, 0.05) is 31.4 Å². The minimum Gasteiger partial charge on any atom is -0.491 e. The third kappa shape index (κ3) is 7.25. The summed E-state index contributed by atoms with van der Waals surface area (Å²) in [6.45, 7) is -16.3. The zero-order valence-electron chi connectivity index (χ0n) is 26.0. The van der Waals surface area contributed by atoms with Crippen molar-refractivity contribution in [3.05, 3.63) is 29.8 Å². The number of nitrogens with one attached hydrogen (secondary N) is 1. The van der Waals surface area contributed by atoms with E-state index in [9.17, 15) is 5.11 Å². The Kier molecular flexibility index (Phi) is 2.67. The van der Waals surface area contributed by atoms with Crippen LogP contribution < -0.4 is 10.1 Å². The first-order valence-electron chi connectivity index (χ1n) is 13.9. The molecule has 0 aliphatic heterocycles. The maximum absolute atomic E-state index is 10.4. The molecule has 0 amide bonds. The second-order valence-corrected chi connectivity index (χ2v) is 4.81. The van der Waals surface area contributed by atoms with E-state index in [1.807, 2.05) is 0 Å². The van der Waals surface area contributed by atoms with Crippen LogP contribution in [0.25, 0.3) is 0 Å². The van der Waals surface area contributed by atoms with E-state index in [0.29, 0.717) is 12.0 Å². The van der Waals surface area contributed by atoms with Gasteiger partial charge in [0.05, 0.1) is 13.5 Å². The number of aliphatic hydroxyl groups is 1. The van der Waals surface area contributed by atoms with E-state index in [4.69, 9.17) is 28.7 Å². The van der Waals surface area contributed by atoms with Crippen molar-refractivity contribution in [1.82, 2.24) is 5.32 Å². The summed E-state index contributed by atoms with van der Waals surface area (Å²) < 4.78 is 117. The molecule has 0 saturated heterocycles. The van der Waals surface area contributed by atoms with Crippen molar-refractivity contribution in [3.8, 4) is 5.75 Å². The normalized spacial score (nSPS) is 30.4. The van der Waals surface area contributed by atoms with E-state index in [1.165, 1.54) is 29.6 Å². The summed E-state index contributed by atoms with van der Waals surface area (Å²) in [4.78, 5) is 0. The van der Waals surface area contributed by atoms with Gasteiger partial charge in [0.2, 0.25) is 0 Å². The van der Waals surface area contributed by atoms with Gasteiger partial charge < -0.3 is 19.9 Å². The Labute approximate surface area is 153 Å². The first-order valence-corrected chi connectivity index (χ1v) is 6.90. The third-order valence-electron chi connectivity index (χ3n) is 2.81. The molecule has 1 aliphatic rings. The molecule has 124 valence electrons. The maximum Gasteiger partial charge on any atom is 0.119 e. The van der Waals surface area contributed by atoms with E-state index in [-0.39, 0.29) is 18.3 Å². The third-order valence-corrected chi connectivity index (χ3v) is 2.81. The molecule has 2 rings (SSSR count). The quantitative estimate of drug-likeness (QED) is 0.657. The van der Waals surface area contributed by atoms with Crippen molar-refractivity contribution in [1.29, 1.82) is 0 Å². The van der Waals surface area contributed by atoms with E-state index < -0.39 is 45.4 Å². The predicted molar refractivity (Wildman–Crippen MR) is 88.3 cm³/mol. The Morgan fingerprint density at radius 3 is 2.86 bits per heavy atom. The molecule has 0 aromatic heterocycles. The molecule has 4 nitrogen and oxygen atoms in total. The summed E-state index contributed by atoms with van der Waals surface area (Å²) >= 11 is 0. The van der Waals surface area contributed by atoms with Crippen molar-refractivity contribution in [3.63, 3.8) is 0 Å². The summed E-state index contributed by atoms with van der Waals surface area (Å²) in [5.74, 6) is -0.363. The van der Waals surface area contributed by atoms with E-state index in [0.717, 1.165) is 12.8 Å². The zero-order chi connectivity index (χ0) is 28.0. The summed E-state index contributed by atoms with van der Waals surface area (Å²) in [6.07, 6.45) is -2.06. The van der Waals surface area contributed by atoms with Crippen molar-refractivity contribution < 1.29 is 33.8 Å². The minimum absolute atomic E-state index is 0.0880. The Balaban J connectivity index is 2.13. The highest BCUT2D eigenvalue weighted by Gasteiger charge is 2.20. The van der Waals surface area contributed by atoms with E-state index >= 15 is 0 Å². The fraction of sp³-hybridized carbons (Fsp3) is 0.667. The second kappa shape index (κ2) is 9.13. The molecular formula is C18H29NO3. The van der Waals surface area contributed by atoms with Gasteiger partial charge in [0.1, 0.15) is 18.4 Å². The molecule has 22 heavy (non-hydrogen) atoms. The molecule has 1 aromatic carbocycles. The van der Waals surface area contributed by atoms with Crippen LogP contribution in [0, 0.1) is 5.92 Å². The lowest BCUT2D eigenvalue weighted by Crippen LogP contribution is -2.35. The molecule has 0 spiro atoms. The van der Waals surface area contributed by atoms with Gasteiger partial charge in [-0.1, -0.05) is 25.8 Å². The lowest BCUT2D eigenvalue weighted by atomic mass is 10.1. The number of rotatable bonds is 11. The van der Waals surface area contributed by atoms with Crippen LogP contribution in [-0.4, -0.2) is 43.4 Å². The monoisotopic (exact) mass is 321 g/mol. The van der Waals surface area contributed by atoms with E-state index in [1.54, 1.807) is 0 Å². The number of benzene rings is 1. The fourth-order valence-corrected chi connectivity index (χ4v) is 1.53. The van der Waals surface area contributed by atoms with E-state index in [2.05, 4.69) is 0 Å². The van der Waals surface area contributed by atoms with Gasteiger partial charge >= 0.3 is 0 Å². The average molecular weight is 322 g/mol. The van der Waals surface area contributed by atoms with Gasteiger partial charge in [-0.2, -0.15) is 0 Å². The Morgan fingerprint density at radius 2 is 2.18 bits per heavy atom. The van der Waals surface area contributed by atoms with Crippen molar-refractivity contribution in [2.75, 3.05) is 26.2 Å². The second-order valence-electron chi connectivity index (χ2n) is 4.81. The summed E-state index contributed by atoms with van der Waals surface area (Å²) in [7, 11) is 0. The molecule has 4 heteroatoms. The smallest absolute Gasteiger partial charge is 0.119 e. The van der Waals surface area contributed by atoms with Crippen LogP contribution in [0.4, 0.5) is 0 Å². The van der Waals surface area contributed by atoms with Gasteiger partial charge in [0.25, 0.3) is 0 Å². The first-order chi connectivity index (χ1) is 16.0. The number of hydrogen-bond acceptors (Lipinski definition) is 4. The highest BCUT2D eigenvalue weighted by molar-refractivity contribution is 5.27. The predicted octanol–water partition coefficient (Wildman–Crippen LogP) is 2.39. The average Bonchev–Trinajstić information content (AvgIpc) is 3.52. The molecule has 1 aromatic rings. The minimum atomic E-state index is -3.93. The van der Waals surface area contributed by atoms with Crippen LogP contribution >= 0.6 is 0 Å². The van der Waals surface area contributed by atoms with Gasteiger partial charge in [-0.05, 0) is 42.9 Å². The lowest BCUT2D eigenvalue weighted by molar-refractivity contribution is 0.104. The number of hydrogen-bond donors (Lipinski definition) is 2. The Morgan fingerprint density at radius 1 is 1.41 bits per heavy atom. The lowest BCUT2D eigenvalue weighted by Gasteiger charge is -2.15. The topological polar surface area (TPSA) is 50.7 Å². The maximum atomic E-state index is 10.4. The van der Waals surface area contributed by atoms with Crippen molar-refractivity contribution in [2.45, 2.75) is 45.1 Å². The van der Waals surface area contributed by atoms with Gasteiger partial charge in [0.15, 0.2) is 0 Å². The van der Waals surface area contributed by atoms with Crippen LogP contribution in [0.1, 0.15) is 51.3 Å². The molecule has 1 saturated carbocycles. The molecule has 1 aliphatic carbocycles. The summed E-state index contributed by atoms with van der Waals surface area (Å²) in [6, 6.07) is 1.78. The van der Waals surface area contributed by atoms with Gasteiger partial charge in [-0.25, -0.2) is 0 Å². The fourth-order valence-electron chi connectivity index (χ4n) is 1.53. The summed E-state index contributed by atoms with van der Waals surface area (Å²) in [5, 5.41) is 11.8. The van der Waals surface area contributed by atoms with Crippen LogP contribution in [0.15, 0.2) is 24.3 Å². The standard InChI is InChI=1S/C18H29NO3/c1-14(2)19-11-17(20)13-22-18-7-5-15(6-8-18)9-10-21-12-16-3-4-16/h5-8,14,16-17,19-20H,3-4,9-13H2,1-2H3/i1D3,2D3,11D2,12D2,13D2,14D,17D. The molecular weight excluding hydrogens is 278 g/mol. The molecule has 0 radical (unpaired) electrons. The highest BCUT2D eigenvalue weighted by Crippen LogP contribution is 2.28. The van der Waals surface area contributed by atoms with Crippen LogP contribution in [0.3, 0.4) is 0 Å². The van der Waals surface area contributed by atoms with Gasteiger partial charge in [-0.15, -0.1) is 0 Å². The molecule has 1 fully saturated rings. The SMILES string of the molecule is [2H]C([2H])(OCCc1ccc(OC([2H])([2H])C([2H])(O)C([2H])([2H])NC([2H])(C([2H])([2H])[2H])C([2H])([2H])[2H])cc1)C1CC1.